The number of carbonyl (C=O) groups excluding carboxylic acids is 1. The Morgan fingerprint density at radius 2 is 1.26 bits per heavy atom. The number of hydrogen-bond donors (Lipinski definition) is 1. The average Bonchev–Trinajstić information content (AvgIpc) is 3.00. The van der Waals surface area contributed by atoms with Gasteiger partial charge < -0.3 is 19.3 Å². The monoisotopic (exact) mass is 594 g/mol. The highest BCUT2D eigenvalue weighted by atomic mass is 16.7. The van der Waals surface area contributed by atoms with Crippen LogP contribution < -0.4 is 0 Å². The van der Waals surface area contributed by atoms with Crippen LogP contribution in [-0.2, 0) is 19.0 Å². The van der Waals surface area contributed by atoms with Gasteiger partial charge >= 0.3 is 5.97 Å². The Kier molecular flexibility index (Phi) is 31.8. The summed E-state index contributed by atoms with van der Waals surface area (Å²) in [4.78, 5) is 12.6. The van der Waals surface area contributed by atoms with Gasteiger partial charge in [-0.25, -0.2) is 0 Å². The maximum Gasteiger partial charge on any atom is 0.305 e. The van der Waals surface area contributed by atoms with Crippen LogP contribution in [0.15, 0.2) is 24.3 Å². The molecule has 0 saturated carbocycles. The Bertz CT molecular complexity index is 583. The highest BCUT2D eigenvalue weighted by molar-refractivity contribution is 5.69. The fourth-order valence-corrected chi connectivity index (χ4v) is 5.11. The van der Waals surface area contributed by atoms with Gasteiger partial charge in [0, 0.05) is 32.2 Å². The molecule has 5 heteroatoms. The van der Waals surface area contributed by atoms with Gasteiger partial charge in [-0.2, -0.15) is 0 Å². The second-order valence-corrected chi connectivity index (χ2v) is 11.8. The van der Waals surface area contributed by atoms with E-state index >= 15 is 0 Å². The second kappa shape index (κ2) is 32.7. The molecule has 0 aromatic heterocycles. The van der Waals surface area contributed by atoms with Crippen molar-refractivity contribution < 1.29 is 24.1 Å². The van der Waals surface area contributed by atoms with Gasteiger partial charge in [-0.05, 0) is 63.7 Å². The SMILES string of the molecule is [CH2]CCCCC(CCCCC)CCCC(CO)COC(=O)CCC(OCCCC/C=C\CC)OCCCC/C=C\CC. The summed E-state index contributed by atoms with van der Waals surface area (Å²) in [6.07, 6.45) is 30.9. The molecule has 2 atom stereocenters. The van der Waals surface area contributed by atoms with Gasteiger partial charge in [0.2, 0.25) is 0 Å². The molecule has 0 rings (SSSR count). The van der Waals surface area contributed by atoms with E-state index in [0.29, 0.717) is 26.2 Å². The summed E-state index contributed by atoms with van der Waals surface area (Å²) in [7, 11) is 0. The first-order chi connectivity index (χ1) is 20.6. The lowest BCUT2D eigenvalue weighted by Crippen LogP contribution is -2.22. The van der Waals surface area contributed by atoms with Crippen molar-refractivity contribution in [3.05, 3.63) is 31.2 Å². The van der Waals surface area contributed by atoms with Crippen LogP contribution in [0.4, 0.5) is 0 Å². The molecule has 1 radical (unpaired) electrons. The Hall–Kier alpha value is -1.17. The zero-order chi connectivity index (χ0) is 30.9. The third-order valence-corrected chi connectivity index (χ3v) is 7.82. The van der Waals surface area contributed by atoms with Crippen LogP contribution in [0.25, 0.3) is 0 Å². The van der Waals surface area contributed by atoms with Crippen molar-refractivity contribution in [1.29, 1.82) is 0 Å². The van der Waals surface area contributed by atoms with Gasteiger partial charge in [0.05, 0.1) is 13.0 Å². The molecule has 0 aliphatic rings. The van der Waals surface area contributed by atoms with Crippen LogP contribution in [0.1, 0.15) is 156 Å². The molecule has 0 bridgehead atoms. The van der Waals surface area contributed by atoms with Crippen molar-refractivity contribution in [3.63, 3.8) is 0 Å². The van der Waals surface area contributed by atoms with Crippen LogP contribution in [0.3, 0.4) is 0 Å². The first-order valence-electron chi connectivity index (χ1n) is 17.7. The van der Waals surface area contributed by atoms with Gasteiger partial charge in [-0.15, -0.1) is 0 Å². The predicted molar refractivity (Wildman–Crippen MR) is 178 cm³/mol. The molecular formula is C37H69O5. The number of aliphatic hydroxyl groups is 1. The van der Waals surface area contributed by atoms with E-state index in [-0.39, 0.29) is 31.2 Å². The molecule has 5 nitrogen and oxygen atoms in total. The summed E-state index contributed by atoms with van der Waals surface area (Å²) >= 11 is 0. The first-order valence-corrected chi connectivity index (χ1v) is 17.7. The number of ether oxygens (including phenoxy) is 3. The van der Waals surface area contributed by atoms with E-state index in [9.17, 15) is 9.90 Å². The third-order valence-electron chi connectivity index (χ3n) is 7.82. The third kappa shape index (κ3) is 27.7. The molecule has 42 heavy (non-hydrogen) atoms. The Morgan fingerprint density at radius 1 is 0.690 bits per heavy atom. The summed E-state index contributed by atoms with van der Waals surface area (Å²) in [6.45, 7) is 12.2. The molecule has 247 valence electrons. The van der Waals surface area contributed by atoms with Crippen LogP contribution in [-0.4, -0.2) is 43.8 Å². The van der Waals surface area contributed by atoms with Crippen molar-refractivity contribution in [2.24, 2.45) is 11.8 Å². The number of unbranched alkanes of at least 4 members (excludes halogenated alkanes) is 8. The quantitative estimate of drug-likeness (QED) is 0.0364. The Morgan fingerprint density at radius 3 is 1.81 bits per heavy atom. The molecule has 0 amide bonds. The fourth-order valence-electron chi connectivity index (χ4n) is 5.11. The van der Waals surface area contributed by atoms with Crippen molar-refractivity contribution >= 4 is 5.97 Å². The maximum absolute atomic E-state index is 12.6. The molecular weight excluding hydrogens is 524 g/mol. The van der Waals surface area contributed by atoms with Crippen molar-refractivity contribution in [3.8, 4) is 0 Å². The lowest BCUT2D eigenvalue weighted by Gasteiger charge is -2.20. The van der Waals surface area contributed by atoms with Gasteiger partial charge in [0.1, 0.15) is 0 Å². The zero-order valence-corrected chi connectivity index (χ0v) is 28.0. The topological polar surface area (TPSA) is 65.0 Å². The summed E-state index contributed by atoms with van der Waals surface area (Å²) in [6, 6.07) is 0. The molecule has 0 heterocycles. The van der Waals surface area contributed by atoms with Gasteiger partial charge in [0.25, 0.3) is 0 Å². The molecule has 0 aliphatic carbocycles. The molecule has 0 aromatic rings. The van der Waals surface area contributed by atoms with E-state index in [2.05, 4.69) is 52.0 Å². The Balaban J connectivity index is 4.47. The smallest absolute Gasteiger partial charge is 0.305 e. The van der Waals surface area contributed by atoms with Crippen LogP contribution in [0.2, 0.25) is 0 Å². The van der Waals surface area contributed by atoms with E-state index in [1.165, 1.54) is 51.4 Å². The van der Waals surface area contributed by atoms with E-state index < -0.39 is 0 Å². The number of hydrogen-bond acceptors (Lipinski definition) is 5. The summed E-state index contributed by atoms with van der Waals surface area (Å²) < 4.78 is 17.6. The fraction of sp³-hybridized carbons (Fsp3) is 0.838. The predicted octanol–water partition coefficient (Wildman–Crippen LogP) is 10.3. The molecule has 0 spiro atoms. The standard InChI is InChI=1S/C37H69O5/c1-5-9-13-15-17-21-30-40-37(41-31-22-18-16-14-10-6-2)29-28-36(39)42-33-35(32-38)27-23-26-34(24-19-11-7-3)25-20-12-8-4/h9-10,13-14,34-35,37-38H,3,5-8,11-12,15-33H2,1-2,4H3/b13-9-,14-10-. The summed E-state index contributed by atoms with van der Waals surface area (Å²) in [5.74, 6) is 0.546. The van der Waals surface area contributed by atoms with Gasteiger partial charge in [-0.3, -0.25) is 4.79 Å². The molecule has 0 aromatic carbocycles. The van der Waals surface area contributed by atoms with Gasteiger partial charge in [-0.1, -0.05) is 116 Å². The van der Waals surface area contributed by atoms with E-state index in [1.807, 2.05) is 0 Å². The minimum Gasteiger partial charge on any atom is -0.465 e. The van der Waals surface area contributed by atoms with Crippen LogP contribution in [0.5, 0.6) is 0 Å². The molecule has 1 N–H and O–H groups in total. The lowest BCUT2D eigenvalue weighted by molar-refractivity contribution is -0.160. The lowest BCUT2D eigenvalue weighted by atomic mass is 9.89. The van der Waals surface area contributed by atoms with Gasteiger partial charge in [0.15, 0.2) is 6.29 Å². The highest BCUT2D eigenvalue weighted by Gasteiger charge is 2.16. The number of allylic oxidation sites excluding steroid dienone is 4. The summed E-state index contributed by atoms with van der Waals surface area (Å²) in [5, 5.41) is 9.90. The van der Waals surface area contributed by atoms with Crippen molar-refractivity contribution in [2.75, 3.05) is 26.4 Å². The Labute approximate surface area is 261 Å². The number of carbonyl (C=O) groups is 1. The van der Waals surface area contributed by atoms with Crippen molar-refractivity contribution in [2.45, 2.75) is 162 Å². The van der Waals surface area contributed by atoms with Crippen LogP contribution in [0, 0.1) is 18.8 Å². The number of rotatable bonds is 32. The highest BCUT2D eigenvalue weighted by Crippen LogP contribution is 2.24. The normalized spacial score (nSPS) is 12.8. The second-order valence-electron chi connectivity index (χ2n) is 11.8. The largest absolute Gasteiger partial charge is 0.465 e. The maximum atomic E-state index is 12.6. The molecule has 2 unspecified atom stereocenters. The molecule has 0 aliphatic heterocycles. The van der Waals surface area contributed by atoms with E-state index in [1.54, 1.807) is 0 Å². The number of aliphatic hydroxyl groups excluding tert-OH is 1. The molecule has 0 saturated heterocycles. The minimum absolute atomic E-state index is 0.0110. The molecule has 0 fully saturated rings. The summed E-state index contributed by atoms with van der Waals surface area (Å²) in [5.41, 5.74) is 0. The number of esters is 1. The first kappa shape index (κ1) is 40.8. The van der Waals surface area contributed by atoms with Crippen molar-refractivity contribution in [1.82, 2.24) is 0 Å². The minimum atomic E-state index is -0.378. The van der Waals surface area contributed by atoms with Crippen LogP contribution >= 0.6 is 0 Å². The average molecular weight is 594 g/mol. The van der Waals surface area contributed by atoms with E-state index in [0.717, 1.165) is 76.5 Å². The zero-order valence-electron chi connectivity index (χ0n) is 28.0. The van der Waals surface area contributed by atoms with E-state index in [4.69, 9.17) is 14.2 Å².